The van der Waals surface area contributed by atoms with Crippen molar-refractivity contribution in [2.75, 3.05) is 6.61 Å². The first-order valence-electron chi connectivity index (χ1n) is 6.89. The van der Waals surface area contributed by atoms with Crippen LogP contribution in [0.15, 0.2) is 0 Å². The van der Waals surface area contributed by atoms with E-state index in [2.05, 4.69) is 0 Å². The van der Waals surface area contributed by atoms with Gasteiger partial charge in [0, 0.05) is 31.8 Å². The molecule has 0 saturated heterocycles. The van der Waals surface area contributed by atoms with E-state index in [0.717, 1.165) is 12.8 Å². The van der Waals surface area contributed by atoms with Crippen molar-refractivity contribution in [1.82, 2.24) is 0 Å². The van der Waals surface area contributed by atoms with Crippen LogP contribution in [0.4, 0.5) is 0 Å². The Hall–Kier alpha value is -0.700. The third-order valence-corrected chi connectivity index (χ3v) is 3.55. The van der Waals surface area contributed by atoms with Gasteiger partial charge in [0.15, 0.2) is 0 Å². The summed E-state index contributed by atoms with van der Waals surface area (Å²) >= 11 is 0. The Morgan fingerprint density at radius 1 is 0.941 bits per heavy atom. The van der Waals surface area contributed by atoms with Crippen LogP contribution in [0.5, 0.6) is 0 Å². The van der Waals surface area contributed by atoms with Crippen molar-refractivity contribution in [2.45, 2.75) is 64.2 Å². The molecule has 0 bridgehead atoms. The van der Waals surface area contributed by atoms with Crippen LogP contribution in [0.1, 0.15) is 64.2 Å². The molecule has 0 unspecified atom stereocenters. The average molecular weight is 240 g/mol. The number of rotatable bonds is 8. The molecule has 1 aliphatic carbocycles. The van der Waals surface area contributed by atoms with Gasteiger partial charge in [-0.05, 0) is 25.7 Å². The number of hydrogen-bond donors (Lipinski definition) is 1. The third-order valence-electron chi connectivity index (χ3n) is 3.55. The predicted octanol–water partition coefficient (Wildman–Crippen LogP) is 2.65. The molecule has 0 heterocycles. The molecule has 0 amide bonds. The van der Waals surface area contributed by atoms with Crippen molar-refractivity contribution in [2.24, 2.45) is 5.92 Å². The largest absolute Gasteiger partial charge is 0.396 e. The highest BCUT2D eigenvalue weighted by Gasteiger charge is 2.20. The molecule has 98 valence electrons. The molecule has 0 spiro atoms. The number of aliphatic hydroxyl groups excluding tert-OH is 1. The summed E-state index contributed by atoms with van der Waals surface area (Å²) in [4.78, 5) is 23.2. The van der Waals surface area contributed by atoms with Crippen LogP contribution in [0.25, 0.3) is 0 Å². The van der Waals surface area contributed by atoms with Gasteiger partial charge in [-0.2, -0.15) is 0 Å². The van der Waals surface area contributed by atoms with Gasteiger partial charge in [-0.3, -0.25) is 9.59 Å². The van der Waals surface area contributed by atoms with E-state index in [-0.39, 0.29) is 18.3 Å². The molecule has 1 N–H and O–H groups in total. The Bertz CT molecular complexity index is 242. The fraction of sp³-hybridized carbons (Fsp3) is 0.857. The van der Waals surface area contributed by atoms with Gasteiger partial charge in [-0.25, -0.2) is 0 Å². The van der Waals surface area contributed by atoms with E-state index in [0.29, 0.717) is 37.9 Å². The Morgan fingerprint density at radius 3 is 2.24 bits per heavy atom. The SMILES string of the molecule is O=C(CCCO)CCCC(=O)C1CCCCC1. The number of carbonyl (C=O) groups is 2. The summed E-state index contributed by atoms with van der Waals surface area (Å²) in [7, 11) is 0. The standard InChI is InChI=1S/C14H24O3/c15-11-5-9-13(16)8-4-10-14(17)12-6-2-1-3-7-12/h12,15H,1-11H2. The van der Waals surface area contributed by atoms with Crippen LogP contribution >= 0.6 is 0 Å². The summed E-state index contributed by atoms with van der Waals surface area (Å²) in [5.74, 6) is 0.812. The van der Waals surface area contributed by atoms with Crippen LogP contribution in [0.3, 0.4) is 0 Å². The summed E-state index contributed by atoms with van der Waals surface area (Å²) in [5.41, 5.74) is 0. The van der Waals surface area contributed by atoms with Gasteiger partial charge in [-0.1, -0.05) is 19.3 Å². The van der Waals surface area contributed by atoms with Crippen LogP contribution < -0.4 is 0 Å². The van der Waals surface area contributed by atoms with E-state index in [1.807, 2.05) is 0 Å². The molecule has 3 heteroatoms. The number of ketones is 2. The summed E-state index contributed by atoms with van der Waals surface area (Å²) < 4.78 is 0. The normalized spacial score (nSPS) is 17.0. The summed E-state index contributed by atoms with van der Waals surface area (Å²) in [6.45, 7) is 0.0761. The van der Waals surface area contributed by atoms with Gasteiger partial charge in [0.2, 0.25) is 0 Å². The van der Waals surface area contributed by atoms with Crippen molar-refractivity contribution in [3.05, 3.63) is 0 Å². The molecule has 3 nitrogen and oxygen atoms in total. The predicted molar refractivity (Wildman–Crippen MR) is 66.8 cm³/mol. The van der Waals surface area contributed by atoms with Crippen molar-refractivity contribution >= 4 is 11.6 Å². The zero-order chi connectivity index (χ0) is 12.5. The molecule has 1 saturated carbocycles. The van der Waals surface area contributed by atoms with Crippen molar-refractivity contribution < 1.29 is 14.7 Å². The summed E-state index contributed by atoms with van der Waals surface area (Å²) in [6, 6.07) is 0. The van der Waals surface area contributed by atoms with Gasteiger partial charge in [0.05, 0.1) is 0 Å². The topological polar surface area (TPSA) is 54.4 Å². The number of Topliss-reactive ketones (excluding diaryl/α,β-unsaturated/α-hetero) is 2. The quantitative estimate of drug-likeness (QED) is 0.709. The van der Waals surface area contributed by atoms with E-state index in [4.69, 9.17) is 5.11 Å². The lowest BCUT2D eigenvalue weighted by Gasteiger charge is -2.20. The van der Waals surface area contributed by atoms with Crippen molar-refractivity contribution in [1.29, 1.82) is 0 Å². The fourth-order valence-electron chi connectivity index (χ4n) is 2.49. The maximum atomic E-state index is 11.8. The number of aliphatic hydroxyl groups is 1. The maximum Gasteiger partial charge on any atom is 0.135 e. The lowest BCUT2D eigenvalue weighted by Crippen LogP contribution is -2.17. The highest BCUT2D eigenvalue weighted by molar-refractivity contribution is 5.82. The maximum absolute atomic E-state index is 11.8. The first kappa shape index (κ1) is 14.4. The third kappa shape index (κ3) is 5.97. The average Bonchev–Trinajstić information content (AvgIpc) is 2.37. The first-order valence-corrected chi connectivity index (χ1v) is 6.89. The monoisotopic (exact) mass is 240 g/mol. The lowest BCUT2D eigenvalue weighted by molar-refractivity contribution is -0.124. The first-order chi connectivity index (χ1) is 8.24. The molecular formula is C14H24O3. The van der Waals surface area contributed by atoms with Crippen molar-refractivity contribution in [3.63, 3.8) is 0 Å². The Balaban J connectivity index is 2.08. The zero-order valence-corrected chi connectivity index (χ0v) is 10.6. The second kappa shape index (κ2) is 8.40. The second-order valence-electron chi connectivity index (χ2n) is 5.02. The van der Waals surface area contributed by atoms with Gasteiger partial charge < -0.3 is 5.11 Å². The van der Waals surface area contributed by atoms with Gasteiger partial charge in [0.25, 0.3) is 0 Å². The molecular weight excluding hydrogens is 216 g/mol. The van der Waals surface area contributed by atoms with Crippen molar-refractivity contribution in [3.8, 4) is 0 Å². The van der Waals surface area contributed by atoms with Gasteiger partial charge in [0.1, 0.15) is 11.6 Å². The highest BCUT2D eigenvalue weighted by Crippen LogP contribution is 2.25. The molecule has 0 atom stereocenters. The number of carbonyl (C=O) groups excluding carboxylic acids is 2. The molecule has 1 aliphatic rings. The van der Waals surface area contributed by atoms with Crippen LogP contribution in [0, 0.1) is 5.92 Å². The van der Waals surface area contributed by atoms with E-state index in [1.165, 1.54) is 19.3 Å². The van der Waals surface area contributed by atoms with E-state index < -0.39 is 0 Å². The smallest absolute Gasteiger partial charge is 0.135 e. The fourth-order valence-corrected chi connectivity index (χ4v) is 2.49. The minimum absolute atomic E-state index is 0.0761. The molecule has 1 rings (SSSR count). The molecule has 0 aromatic rings. The van der Waals surface area contributed by atoms with Gasteiger partial charge in [-0.15, -0.1) is 0 Å². The lowest BCUT2D eigenvalue weighted by atomic mass is 9.84. The summed E-state index contributed by atoms with van der Waals surface area (Å²) in [6.07, 6.45) is 8.51. The minimum atomic E-state index is 0.0761. The molecule has 0 aromatic carbocycles. The molecule has 0 radical (unpaired) electrons. The molecule has 0 aromatic heterocycles. The van der Waals surface area contributed by atoms with E-state index in [9.17, 15) is 9.59 Å². The Labute approximate surface area is 104 Å². The van der Waals surface area contributed by atoms with Gasteiger partial charge >= 0.3 is 0 Å². The second-order valence-corrected chi connectivity index (χ2v) is 5.02. The number of hydrogen-bond acceptors (Lipinski definition) is 3. The Morgan fingerprint density at radius 2 is 1.59 bits per heavy atom. The summed E-state index contributed by atoms with van der Waals surface area (Å²) in [5, 5.41) is 8.59. The van der Waals surface area contributed by atoms with Crippen LogP contribution in [-0.2, 0) is 9.59 Å². The van der Waals surface area contributed by atoms with E-state index in [1.54, 1.807) is 0 Å². The highest BCUT2D eigenvalue weighted by atomic mass is 16.3. The van der Waals surface area contributed by atoms with Crippen LogP contribution in [0.2, 0.25) is 0 Å². The Kier molecular flexibility index (Phi) is 7.10. The van der Waals surface area contributed by atoms with Crippen LogP contribution in [-0.4, -0.2) is 23.3 Å². The zero-order valence-electron chi connectivity index (χ0n) is 10.6. The van der Waals surface area contributed by atoms with E-state index >= 15 is 0 Å². The molecule has 1 fully saturated rings. The molecule has 0 aliphatic heterocycles. The minimum Gasteiger partial charge on any atom is -0.396 e. The molecule has 17 heavy (non-hydrogen) atoms.